The van der Waals surface area contributed by atoms with Crippen molar-refractivity contribution in [1.82, 2.24) is 25.1 Å². The highest BCUT2D eigenvalue weighted by molar-refractivity contribution is 5.96. The van der Waals surface area contributed by atoms with Crippen molar-refractivity contribution in [2.75, 3.05) is 23.3 Å². The Hall–Kier alpha value is -4.09. The van der Waals surface area contributed by atoms with Crippen LogP contribution < -0.4 is 21.3 Å². The summed E-state index contributed by atoms with van der Waals surface area (Å²) < 4.78 is 31.1. The van der Waals surface area contributed by atoms with E-state index in [2.05, 4.69) is 25.7 Å². The molecule has 1 atom stereocenters. The molecular formula is C24H26F2N8O2. The zero-order valence-corrected chi connectivity index (χ0v) is 19.6. The number of hydrogen-bond acceptors (Lipinski definition) is 7. The van der Waals surface area contributed by atoms with Crippen LogP contribution in [0.2, 0.25) is 0 Å². The van der Waals surface area contributed by atoms with E-state index >= 15 is 0 Å². The Morgan fingerprint density at radius 2 is 1.92 bits per heavy atom. The second kappa shape index (κ2) is 9.17. The lowest BCUT2D eigenvalue weighted by Crippen LogP contribution is -2.59. The Kier molecular flexibility index (Phi) is 6.02. The lowest BCUT2D eigenvalue weighted by molar-refractivity contribution is -0.0489. The number of hydrogen-bond donors (Lipinski definition) is 3. The molecule has 10 nitrogen and oxygen atoms in total. The molecular weight excluding hydrogens is 470 g/mol. The minimum Gasteiger partial charge on any atom is -0.364 e. The summed E-state index contributed by atoms with van der Waals surface area (Å²) in [6, 6.07) is 5.67. The zero-order chi connectivity index (χ0) is 25.4. The number of nitrogens with zero attached hydrogens (tertiary/aromatic N) is 5. The average Bonchev–Trinajstić information content (AvgIpc) is 3.62. The van der Waals surface area contributed by atoms with Crippen LogP contribution in [0.25, 0.3) is 0 Å². The first-order valence-corrected chi connectivity index (χ1v) is 11.7. The number of alkyl halides is 2. The Morgan fingerprint density at radius 1 is 1.17 bits per heavy atom. The van der Waals surface area contributed by atoms with Crippen LogP contribution in [-0.2, 0) is 7.05 Å². The largest absolute Gasteiger partial charge is 0.364 e. The predicted molar refractivity (Wildman–Crippen MR) is 128 cm³/mol. The van der Waals surface area contributed by atoms with Crippen molar-refractivity contribution in [3.8, 4) is 0 Å². The number of carbonyl (C=O) groups excluding carboxylic acids is 2. The molecule has 1 aromatic carbocycles. The van der Waals surface area contributed by atoms with Gasteiger partial charge in [0.15, 0.2) is 11.5 Å². The molecule has 4 N–H and O–H groups in total. The lowest BCUT2D eigenvalue weighted by atomic mass is 10.00. The Morgan fingerprint density at radius 3 is 2.56 bits per heavy atom. The molecule has 1 saturated heterocycles. The standard InChI is InChI=1S/C24H26F2N8O2/c1-33-12-17(10-29-33)30-22-20(21(27)35)28-11-19(32-22)34-9-8-24(25,26)18(13-34)31-23(36)16-6-4-15(5-7-16)14-2-3-14/h4-7,10-12,14,18H,2-3,8-9,13H2,1H3,(H2,27,35)(H,30,32)(H,31,36). The SMILES string of the molecule is Cn1cc(Nc2nc(N3CCC(F)(F)C(NC(=O)c4ccc(C5CC5)cc4)C3)cnc2C(N)=O)cn1. The van der Waals surface area contributed by atoms with Crippen molar-refractivity contribution in [3.63, 3.8) is 0 Å². The minimum atomic E-state index is -3.10. The molecule has 2 aromatic heterocycles. The maximum Gasteiger partial charge on any atom is 0.271 e. The second-order valence-electron chi connectivity index (χ2n) is 9.20. The maximum atomic E-state index is 14.8. The minimum absolute atomic E-state index is 0.00755. The van der Waals surface area contributed by atoms with Gasteiger partial charge in [0.2, 0.25) is 0 Å². The molecule has 3 heterocycles. The first-order chi connectivity index (χ1) is 17.2. The number of aromatic nitrogens is 4. The molecule has 2 fully saturated rings. The van der Waals surface area contributed by atoms with Gasteiger partial charge in [-0.2, -0.15) is 5.10 Å². The molecule has 1 saturated carbocycles. The molecule has 0 bridgehead atoms. The van der Waals surface area contributed by atoms with E-state index in [0.717, 1.165) is 18.4 Å². The van der Waals surface area contributed by atoms with Crippen LogP contribution in [0, 0.1) is 0 Å². The molecule has 1 aliphatic carbocycles. The number of nitrogens with two attached hydrogens (primary N) is 1. The molecule has 188 valence electrons. The van der Waals surface area contributed by atoms with Crippen LogP contribution in [0.4, 0.5) is 26.1 Å². The summed E-state index contributed by atoms with van der Waals surface area (Å²) in [5, 5.41) is 9.50. The van der Waals surface area contributed by atoms with E-state index in [9.17, 15) is 18.4 Å². The van der Waals surface area contributed by atoms with Gasteiger partial charge in [-0.15, -0.1) is 0 Å². The van der Waals surface area contributed by atoms with Crippen LogP contribution in [0.5, 0.6) is 0 Å². The molecule has 3 aromatic rings. The number of rotatable bonds is 7. The first-order valence-electron chi connectivity index (χ1n) is 11.7. The van der Waals surface area contributed by atoms with E-state index in [1.807, 2.05) is 12.1 Å². The van der Waals surface area contributed by atoms with Crippen molar-refractivity contribution in [2.24, 2.45) is 12.8 Å². The van der Waals surface area contributed by atoms with Crippen molar-refractivity contribution in [1.29, 1.82) is 0 Å². The second-order valence-corrected chi connectivity index (χ2v) is 9.20. The molecule has 5 rings (SSSR count). The average molecular weight is 497 g/mol. The van der Waals surface area contributed by atoms with Crippen molar-refractivity contribution >= 4 is 29.1 Å². The molecule has 12 heteroatoms. The third kappa shape index (κ3) is 4.97. The van der Waals surface area contributed by atoms with Gasteiger partial charge in [0.1, 0.15) is 11.9 Å². The zero-order valence-electron chi connectivity index (χ0n) is 19.6. The summed E-state index contributed by atoms with van der Waals surface area (Å²) >= 11 is 0. The van der Waals surface area contributed by atoms with Crippen molar-refractivity contribution in [2.45, 2.75) is 37.1 Å². The highest BCUT2D eigenvalue weighted by Gasteiger charge is 2.45. The summed E-state index contributed by atoms with van der Waals surface area (Å²) in [5.41, 5.74) is 7.39. The number of carbonyl (C=O) groups is 2. The monoisotopic (exact) mass is 496 g/mol. The van der Waals surface area contributed by atoms with Gasteiger partial charge < -0.3 is 21.3 Å². The lowest BCUT2D eigenvalue weighted by Gasteiger charge is -2.39. The quantitative estimate of drug-likeness (QED) is 0.458. The number of aryl methyl sites for hydroxylation is 1. The number of nitrogens with one attached hydrogen (secondary N) is 2. The van der Waals surface area contributed by atoms with E-state index in [1.54, 1.807) is 35.0 Å². The molecule has 2 amide bonds. The molecule has 0 radical (unpaired) electrons. The fraction of sp³-hybridized carbons (Fsp3) is 0.375. The third-order valence-corrected chi connectivity index (χ3v) is 6.44. The molecule has 2 aliphatic rings. The predicted octanol–water partition coefficient (Wildman–Crippen LogP) is 2.57. The van der Waals surface area contributed by atoms with Crippen LogP contribution in [0.15, 0.2) is 42.9 Å². The van der Waals surface area contributed by atoms with E-state index < -0.39 is 30.2 Å². The van der Waals surface area contributed by atoms with Gasteiger partial charge in [0, 0.05) is 38.3 Å². The summed E-state index contributed by atoms with van der Waals surface area (Å²) in [7, 11) is 1.73. The van der Waals surface area contributed by atoms with Gasteiger partial charge >= 0.3 is 0 Å². The Bertz CT molecular complexity index is 1290. The summed E-state index contributed by atoms with van der Waals surface area (Å²) in [4.78, 5) is 34.8. The number of primary amides is 1. The van der Waals surface area contributed by atoms with E-state index in [4.69, 9.17) is 5.73 Å². The Balaban J connectivity index is 1.34. The summed E-state index contributed by atoms with van der Waals surface area (Å²) in [6.45, 7) is -0.192. The van der Waals surface area contributed by atoms with Crippen molar-refractivity contribution in [3.05, 3.63) is 59.7 Å². The number of benzene rings is 1. The van der Waals surface area contributed by atoms with Gasteiger partial charge in [-0.1, -0.05) is 12.1 Å². The van der Waals surface area contributed by atoms with Crippen LogP contribution >= 0.6 is 0 Å². The van der Waals surface area contributed by atoms with Gasteiger partial charge in [-0.05, 0) is 36.5 Å². The highest BCUT2D eigenvalue weighted by atomic mass is 19.3. The summed E-state index contributed by atoms with van der Waals surface area (Å²) in [6.07, 6.45) is 6.31. The topological polar surface area (TPSA) is 131 Å². The normalized spacial score (nSPS) is 19.1. The van der Waals surface area contributed by atoms with Crippen LogP contribution in [0.1, 0.15) is 51.6 Å². The molecule has 36 heavy (non-hydrogen) atoms. The number of amides is 2. The Labute approximate surface area is 205 Å². The van der Waals surface area contributed by atoms with Crippen LogP contribution in [-0.4, -0.2) is 56.6 Å². The fourth-order valence-electron chi connectivity index (χ4n) is 4.25. The number of piperidine rings is 1. The van der Waals surface area contributed by atoms with Crippen molar-refractivity contribution < 1.29 is 18.4 Å². The van der Waals surface area contributed by atoms with Crippen LogP contribution in [0.3, 0.4) is 0 Å². The van der Waals surface area contributed by atoms with Gasteiger partial charge in [-0.25, -0.2) is 18.7 Å². The highest BCUT2D eigenvalue weighted by Crippen LogP contribution is 2.40. The van der Waals surface area contributed by atoms with E-state index in [-0.39, 0.29) is 30.4 Å². The third-order valence-electron chi connectivity index (χ3n) is 6.44. The first kappa shape index (κ1) is 23.6. The van der Waals surface area contributed by atoms with Gasteiger partial charge in [-0.3, -0.25) is 14.3 Å². The smallest absolute Gasteiger partial charge is 0.271 e. The molecule has 1 aliphatic heterocycles. The van der Waals surface area contributed by atoms with Gasteiger partial charge in [0.25, 0.3) is 17.7 Å². The van der Waals surface area contributed by atoms with Gasteiger partial charge in [0.05, 0.1) is 18.1 Å². The number of halogens is 2. The summed E-state index contributed by atoms with van der Waals surface area (Å²) in [5.74, 6) is -3.55. The fourth-order valence-corrected chi connectivity index (χ4v) is 4.25. The molecule has 1 unspecified atom stereocenters. The maximum absolute atomic E-state index is 14.8. The molecule has 0 spiro atoms. The van der Waals surface area contributed by atoms with E-state index in [0.29, 0.717) is 17.2 Å². The van der Waals surface area contributed by atoms with E-state index in [1.165, 1.54) is 12.4 Å². The number of anilines is 3.